The van der Waals surface area contributed by atoms with Gasteiger partial charge in [-0.1, -0.05) is 0 Å². The molecule has 27 heavy (non-hydrogen) atoms. The molecule has 1 aliphatic rings. The second-order valence-electron chi connectivity index (χ2n) is 6.09. The van der Waals surface area contributed by atoms with Gasteiger partial charge in [0.25, 0.3) is 0 Å². The molecule has 0 atom stereocenters. The minimum absolute atomic E-state index is 0.0853. The molecule has 2 aromatic heterocycles. The van der Waals surface area contributed by atoms with Crippen molar-refractivity contribution in [1.29, 1.82) is 0 Å². The van der Waals surface area contributed by atoms with Crippen LogP contribution in [0.5, 0.6) is 11.5 Å². The number of nitrogens with one attached hydrogen (secondary N) is 1. The van der Waals surface area contributed by atoms with Crippen LogP contribution in [0.3, 0.4) is 0 Å². The third-order valence-corrected chi connectivity index (χ3v) is 4.92. The zero-order valence-electron chi connectivity index (χ0n) is 14.7. The molecule has 1 amide bonds. The van der Waals surface area contributed by atoms with Crippen molar-refractivity contribution < 1.29 is 23.5 Å². The standard InChI is InChI=1S/C19H16N2O5S/c1-10-3-4-15(26-10)19-20-12(8-27-19)5-18(23)21-14-7-17-16(24-9-25-17)6-13(14)11(2)22/h3-4,6-8H,5,9H2,1-2H3,(H,21,23). The average molecular weight is 384 g/mol. The molecular weight excluding hydrogens is 368 g/mol. The normalized spacial score (nSPS) is 12.2. The monoisotopic (exact) mass is 384 g/mol. The summed E-state index contributed by atoms with van der Waals surface area (Å²) in [5.74, 6) is 2.03. The van der Waals surface area contributed by atoms with Gasteiger partial charge in [0.1, 0.15) is 5.76 Å². The zero-order valence-corrected chi connectivity index (χ0v) is 15.5. The third kappa shape index (κ3) is 3.56. The Hall–Kier alpha value is -3.13. The molecule has 3 heterocycles. The van der Waals surface area contributed by atoms with Crippen LogP contribution in [0.25, 0.3) is 10.8 Å². The Morgan fingerprint density at radius 3 is 2.70 bits per heavy atom. The van der Waals surface area contributed by atoms with Gasteiger partial charge in [0, 0.05) is 17.0 Å². The Morgan fingerprint density at radius 1 is 1.22 bits per heavy atom. The molecule has 0 radical (unpaired) electrons. The zero-order chi connectivity index (χ0) is 19.0. The van der Waals surface area contributed by atoms with Crippen molar-refractivity contribution in [1.82, 2.24) is 4.98 Å². The van der Waals surface area contributed by atoms with Crippen molar-refractivity contribution in [3.63, 3.8) is 0 Å². The number of hydrogen-bond donors (Lipinski definition) is 1. The van der Waals surface area contributed by atoms with Crippen LogP contribution in [-0.2, 0) is 11.2 Å². The number of ketones is 1. The highest BCUT2D eigenvalue weighted by atomic mass is 32.1. The fourth-order valence-corrected chi connectivity index (χ4v) is 3.53. The first kappa shape index (κ1) is 17.3. The lowest BCUT2D eigenvalue weighted by atomic mass is 10.1. The van der Waals surface area contributed by atoms with Gasteiger partial charge in [-0.25, -0.2) is 4.98 Å². The lowest BCUT2D eigenvalue weighted by molar-refractivity contribution is -0.115. The molecule has 0 saturated carbocycles. The van der Waals surface area contributed by atoms with Crippen molar-refractivity contribution in [2.75, 3.05) is 12.1 Å². The van der Waals surface area contributed by atoms with Gasteiger partial charge in [-0.05, 0) is 32.0 Å². The fraction of sp³-hybridized carbons (Fsp3) is 0.211. The highest BCUT2D eigenvalue weighted by Crippen LogP contribution is 2.37. The van der Waals surface area contributed by atoms with Crippen molar-refractivity contribution in [3.8, 4) is 22.3 Å². The highest BCUT2D eigenvalue weighted by Gasteiger charge is 2.21. The second kappa shape index (κ2) is 6.88. The Balaban J connectivity index is 1.50. The average Bonchev–Trinajstić information content (AvgIpc) is 3.34. The Labute approximate surface area is 158 Å². The van der Waals surface area contributed by atoms with Crippen LogP contribution in [0, 0.1) is 6.92 Å². The van der Waals surface area contributed by atoms with E-state index in [-0.39, 0.29) is 24.9 Å². The van der Waals surface area contributed by atoms with Gasteiger partial charge in [0.15, 0.2) is 28.1 Å². The number of hydrogen-bond acceptors (Lipinski definition) is 7. The van der Waals surface area contributed by atoms with E-state index >= 15 is 0 Å². The number of thiazole rings is 1. The molecule has 3 aromatic rings. The molecule has 7 nitrogen and oxygen atoms in total. The van der Waals surface area contributed by atoms with E-state index in [0.717, 1.165) is 10.8 Å². The number of fused-ring (bicyclic) bond motifs is 1. The predicted octanol–water partition coefficient (Wildman–Crippen LogP) is 3.82. The Kier molecular flexibility index (Phi) is 4.41. The summed E-state index contributed by atoms with van der Waals surface area (Å²) in [5, 5.41) is 5.31. The Morgan fingerprint density at radius 2 is 2.00 bits per heavy atom. The van der Waals surface area contributed by atoms with Crippen LogP contribution >= 0.6 is 11.3 Å². The molecule has 1 aromatic carbocycles. The summed E-state index contributed by atoms with van der Waals surface area (Å²) in [5.41, 5.74) is 1.40. The maximum atomic E-state index is 12.5. The lowest BCUT2D eigenvalue weighted by Crippen LogP contribution is -2.16. The molecule has 8 heteroatoms. The number of carbonyl (C=O) groups is 2. The maximum Gasteiger partial charge on any atom is 0.231 e. The summed E-state index contributed by atoms with van der Waals surface area (Å²) in [4.78, 5) is 28.8. The number of ether oxygens (including phenoxy) is 2. The van der Waals surface area contributed by atoms with Crippen LogP contribution in [0.4, 0.5) is 5.69 Å². The van der Waals surface area contributed by atoms with Gasteiger partial charge in [-0.2, -0.15) is 0 Å². The molecule has 0 fully saturated rings. The number of aryl methyl sites for hydroxylation is 1. The van der Waals surface area contributed by atoms with E-state index in [0.29, 0.717) is 34.2 Å². The first-order valence-corrected chi connectivity index (χ1v) is 9.13. The van der Waals surface area contributed by atoms with E-state index in [1.54, 1.807) is 12.1 Å². The highest BCUT2D eigenvalue weighted by molar-refractivity contribution is 7.13. The first-order chi connectivity index (χ1) is 13.0. The SMILES string of the molecule is CC(=O)c1cc2c(cc1NC(=O)Cc1csc(-c3ccc(C)o3)n1)OCO2. The first-order valence-electron chi connectivity index (χ1n) is 8.25. The van der Waals surface area contributed by atoms with Crippen LogP contribution in [-0.4, -0.2) is 23.5 Å². The summed E-state index contributed by atoms with van der Waals surface area (Å²) in [6.07, 6.45) is 0.0853. The van der Waals surface area contributed by atoms with E-state index in [2.05, 4.69) is 10.3 Å². The Bertz CT molecular complexity index is 1040. The van der Waals surface area contributed by atoms with Crippen LogP contribution in [0.2, 0.25) is 0 Å². The maximum absolute atomic E-state index is 12.5. The van der Waals surface area contributed by atoms with Gasteiger partial charge in [-0.15, -0.1) is 11.3 Å². The van der Waals surface area contributed by atoms with Crippen LogP contribution < -0.4 is 14.8 Å². The summed E-state index contributed by atoms with van der Waals surface area (Å²) in [6, 6.07) is 6.91. The number of anilines is 1. The minimum Gasteiger partial charge on any atom is -0.459 e. The topological polar surface area (TPSA) is 90.7 Å². The van der Waals surface area contributed by atoms with Gasteiger partial charge >= 0.3 is 0 Å². The van der Waals surface area contributed by atoms with Crippen molar-refractivity contribution in [2.24, 2.45) is 0 Å². The fourth-order valence-electron chi connectivity index (χ4n) is 2.75. The summed E-state index contributed by atoms with van der Waals surface area (Å²) in [6.45, 7) is 3.40. The van der Waals surface area contributed by atoms with E-state index in [9.17, 15) is 9.59 Å². The molecule has 0 saturated heterocycles. The van der Waals surface area contributed by atoms with Crippen LogP contribution in [0.15, 0.2) is 34.1 Å². The van der Waals surface area contributed by atoms with E-state index in [4.69, 9.17) is 13.9 Å². The van der Waals surface area contributed by atoms with Crippen molar-refractivity contribution in [3.05, 3.63) is 46.7 Å². The smallest absolute Gasteiger partial charge is 0.231 e. The van der Waals surface area contributed by atoms with E-state index in [1.165, 1.54) is 18.3 Å². The lowest BCUT2D eigenvalue weighted by Gasteiger charge is -2.10. The van der Waals surface area contributed by atoms with Gasteiger partial charge in [0.2, 0.25) is 12.7 Å². The number of rotatable bonds is 5. The van der Waals surface area contributed by atoms with Gasteiger partial charge < -0.3 is 19.2 Å². The number of furan rings is 1. The minimum atomic E-state index is -0.274. The molecule has 4 rings (SSSR count). The number of benzene rings is 1. The quantitative estimate of drug-likeness (QED) is 0.673. The third-order valence-electron chi connectivity index (χ3n) is 4.01. The van der Waals surface area contributed by atoms with Crippen LogP contribution in [0.1, 0.15) is 28.7 Å². The molecule has 138 valence electrons. The van der Waals surface area contributed by atoms with Gasteiger partial charge in [-0.3, -0.25) is 9.59 Å². The summed E-state index contributed by atoms with van der Waals surface area (Å²) < 4.78 is 16.2. The number of nitrogens with zero attached hydrogens (tertiary/aromatic N) is 1. The molecule has 1 aliphatic heterocycles. The van der Waals surface area contributed by atoms with Crippen molar-refractivity contribution >= 4 is 28.7 Å². The molecule has 0 bridgehead atoms. The molecule has 0 aliphatic carbocycles. The van der Waals surface area contributed by atoms with E-state index < -0.39 is 0 Å². The second-order valence-corrected chi connectivity index (χ2v) is 6.94. The number of aromatic nitrogens is 1. The number of carbonyl (C=O) groups excluding carboxylic acids is 2. The molecule has 0 unspecified atom stereocenters. The molecule has 1 N–H and O–H groups in total. The number of amides is 1. The predicted molar refractivity (Wildman–Crippen MR) is 99.5 cm³/mol. The van der Waals surface area contributed by atoms with Gasteiger partial charge in [0.05, 0.1) is 17.8 Å². The summed E-state index contributed by atoms with van der Waals surface area (Å²) >= 11 is 1.41. The largest absolute Gasteiger partial charge is 0.459 e. The molecule has 0 spiro atoms. The summed E-state index contributed by atoms with van der Waals surface area (Å²) in [7, 11) is 0. The van der Waals surface area contributed by atoms with E-state index in [1.807, 2.05) is 24.4 Å². The molecular formula is C19H16N2O5S. The van der Waals surface area contributed by atoms with Crippen molar-refractivity contribution in [2.45, 2.75) is 20.3 Å². The number of Topliss-reactive ketones (excluding diaryl/α,β-unsaturated/α-hetero) is 1.